The molecular formula is C15H22ClN. The van der Waals surface area contributed by atoms with Gasteiger partial charge in [0.2, 0.25) is 0 Å². The fourth-order valence-electron chi connectivity index (χ4n) is 2.63. The van der Waals surface area contributed by atoms with Crippen LogP contribution in [-0.2, 0) is 6.42 Å². The number of nitrogens with one attached hydrogen (secondary N) is 1. The van der Waals surface area contributed by atoms with E-state index in [0.29, 0.717) is 17.9 Å². The highest BCUT2D eigenvalue weighted by Gasteiger charge is 2.26. The van der Waals surface area contributed by atoms with Gasteiger partial charge in [-0.15, -0.1) is 11.6 Å². The first-order valence-corrected chi connectivity index (χ1v) is 7.13. The van der Waals surface area contributed by atoms with Gasteiger partial charge in [-0.3, -0.25) is 0 Å². The number of fused-ring (bicyclic) bond motifs is 1. The predicted molar refractivity (Wildman–Crippen MR) is 74.9 cm³/mol. The highest BCUT2D eigenvalue weighted by molar-refractivity contribution is 6.17. The second-order valence-electron chi connectivity index (χ2n) is 5.34. The van der Waals surface area contributed by atoms with Crippen LogP contribution in [0.25, 0.3) is 0 Å². The van der Waals surface area contributed by atoms with Crippen molar-refractivity contribution in [3.8, 4) is 0 Å². The molecule has 0 saturated carbocycles. The summed E-state index contributed by atoms with van der Waals surface area (Å²) in [6.45, 7) is 5.62. The van der Waals surface area contributed by atoms with Gasteiger partial charge in [0.15, 0.2) is 0 Å². The monoisotopic (exact) mass is 251 g/mol. The van der Waals surface area contributed by atoms with Crippen molar-refractivity contribution in [2.45, 2.75) is 38.6 Å². The summed E-state index contributed by atoms with van der Waals surface area (Å²) in [5, 5.41) is 3.68. The van der Waals surface area contributed by atoms with Crippen molar-refractivity contribution in [2.24, 2.45) is 5.92 Å². The van der Waals surface area contributed by atoms with Crippen LogP contribution in [0.1, 0.15) is 37.3 Å². The number of benzene rings is 1. The second kappa shape index (κ2) is 5.88. The van der Waals surface area contributed by atoms with Crippen LogP contribution in [0, 0.1) is 5.92 Å². The van der Waals surface area contributed by atoms with Gasteiger partial charge in [0, 0.05) is 24.4 Å². The van der Waals surface area contributed by atoms with E-state index in [-0.39, 0.29) is 0 Å². The minimum Gasteiger partial charge on any atom is -0.313 e. The minimum atomic E-state index is 0.556. The average Bonchev–Trinajstić information content (AvgIpc) is 2.28. The lowest BCUT2D eigenvalue weighted by Gasteiger charge is -2.32. The molecule has 2 rings (SSSR count). The van der Waals surface area contributed by atoms with Crippen molar-refractivity contribution in [1.29, 1.82) is 0 Å². The molecule has 0 aliphatic heterocycles. The van der Waals surface area contributed by atoms with E-state index in [4.69, 9.17) is 11.6 Å². The van der Waals surface area contributed by atoms with Crippen molar-refractivity contribution in [1.82, 2.24) is 5.32 Å². The lowest BCUT2D eigenvalue weighted by atomic mass is 9.77. The van der Waals surface area contributed by atoms with E-state index < -0.39 is 0 Å². The topological polar surface area (TPSA) is 12.0 Å². The van der Waals surface area contributed by atoms with Crippen LogP contribution in [0.15, 0.2) is 24.3 Å². The van der Waals surface area contributed by atoms with Gasteiger partial charge in [0.1, 0.15) is 0 Å². The zero-order valence-electron chi connectivity index (χ0n) is 10.7. The molecule has 1 aromatic rings. The van der Waals surface area contributed by atoms with Gasteiger partial charge >= 0.3 is 0 Å². The second-order valence-corrected chi connectivity index (χ2v) is 5.71. The molecule has 0 radical (unpaired) electrons. The lowest BCUT2D eigenvalue weighted by molar-refractivity contribution is 0.370. The van der Waals surface area contributed by atoms with Crippen LogP contribution >= 0.6 is 11.6 Å². The predicted octanol–water partition coefficient (Wildman–Crippen LogP) is 3.57. The SMILES string of the molecule is CC(C)C(CCCl)NCC1Cc2ccccc21. The zero-order chi connectivity index (χ0) is 12.3. The van der Waals surface area contributed by atoms with E-state index >= 15 is 0 Å². The molecule has 0 spiro atoms. The molecule has 2 heteroatoms. The van der Waals surface area contributed by atoms with Gasteiger partial charge in [-0.1, -0.05) is 38.1 Å². The first-order valence-electron chi connectivity index (χ1n) is 6.59. The summed E-state index contributed by atoms with van der Waals surface area (Å²) in [5.41, 5.74) is 3.06. The third kappa shape index (κ3) is 3.02. The normalized spacial score (nSPS) is 19.9. The van der Waals surface area contributed by atoms with E-state index in [2.05, 4.69) is 43.4 Å². The fraction of sp³-hybridized carbons (Fsp3) is 0.600. The maximum Gasteiger partial charge on any atom is 0.0238 e. The van der Waals surface area contributed by atoms with Crippen LogP contribution < -0.4 is 5.32 Å². The Balaban J connectivity index is 1.84. The molecule has 0 saturated heterocycles. The van der Waals surface area contributed by atoms with E-state index in [1.807, 2.05) is 0 Å². The van der Waals surface area contributed by atoms with E-state index in [1.54, 1.807) is 0 Å². The summed E-state index contributed by atoms with van der Waals surface area (Å²) in [5.74, 6) is 2.11. The zero-order valence-corrected chi connectivity index (χ0v) is 11.5. The van der Waals surface area contributed by atoms with Gasteiger partial charge in [-0.25, -0.2) is 0 Å². The molecule has 0 aromatic heterocycles. The molecule has 2 atom stereocenters. The molecule has 1 nitrogen and oxygen atoms in total. The van der Waals surface area contributed by atoms with Crippen molar-refractivity contribution in [3.05, 3.63) is 35.4 Å². The van der Waals surface area contributed by atoms with Gasteiger partial charge in [0.05, 0.1) is 0 Å². The molecule has 0 bridgehead atoms. The molecular weight excluding hydrogens is 230 g/mol. The molecule has 0 heterocycles. The first-order chi connectivity index (χ1) is 8.22. The average molecular weight is 252 g/mol. The highest BCUT2D eigenvalue weighted by Crippen LogP contribution is 2.34. The molecule has 1 aliphatic carbocycles. The summed E-state index contributed by atoms with van der Waals surface area (Å²) in [6.07, 6.45) is 2.29. The Bertz CT molecular complexity index is 362. The lowest BCUT2D eigenvalue weighted by Crippen LogP contribution is -2.39. The van der Waals surface area contributed by atoms with Crippen LogP contribution in [-0.4, -0.2) is 18.5 Å². The maximum atomic E-state index is 5.84. The Morgan fingerprint density at radius 3 is 2.76 bits per heavy atom. The summed E-state index contributed by atoms with van der Waals surface area (Å²) in [6, 6.07) is 9.33. The highest BCUT2D eigenvalue weighted by atomic mass is 35.5. The quantitative estimate of drug-likeness (QED) is 0.763. The number of hydrogen-bond acceptors (Lipinski definition) is 1. The first kappa shape index (κ1) is 12.9. The van der Waals surface area contributed by atoms with Crippen molar-refractivity contribution in [3.63, 3.8) is 0 Å². The Labute approximate surface area is 110 Å². The molecule has 1 aliphatic rings. The van der Waals surface area contributed by atoms with Crippen LogP contribution in [0.3, 0.4) is 0 Å². The summed E-state index contributed by atoms with van der Waals surface area (Å²) >= 11 is 5.84. The molecule has 2 unspecified atom stereocenters. The number of halogens is 1. The molecule has 94 valence electrons. The van der Waals surface area contributed by atoms with Crippen molar-refractivity contribution < 1.29 is 0 Å². The summed E-state index contributed by atoms with van der Waals surface area (Å²) < 4.78 is 0. The van der Waals surface area contributed by atoms with Crippen molar-refractivity contribution >= 4 is 11.6 Å². The molecule has 1 aromatic carbocycles. The van der Waals surface area contributed by atoms with Crippen LogP contribution in [0.2, 0.25) is 0 Å². The maximum absolute atomic E-state index is 5.84. The smallest absolute Gasteiger partial charge is 0.0238 e. The Morgan fingerprint density at radius 1 is 1.35 bits per heavy atom. The Kier molecular flexibility index (Phi) is 4.47. The standard InChI is InChI=1S/C15H22ClN/c1-11(2)15(7-8-16)17-10-13-9-12-5-3-4-6-14(12)13/h3-6,11,13,15,17H,7-10H2,1-2H3. The van der Waals surface area contributed by atoms with Gasteiger partial charge in [-0.2, -0.15) is 0 Å². The molecule has 17 heavy (non-hydrogen) atoms. The molecule has 0 amide bonds. The van der Waals surface area contributed by atoms with Gasteiger partial charge < -0.3 is 5.32 Å². The third-order valence-corrected chi connectivity index (χ3v) is 4.03. The number of hydrogen-bond donors (Lipinski definition) is 1. The molecule has 1 N–H and O–H groups in total. The van der Waals surface area contributed by atoms with Crippen LogP contribution in [0.5, 0.6) is 0 Å². The third-order valence-electron chi connectivity index (χ3n) is 3.81. The summed E-state index contributed by atoms with van der Waals surface area (Å²) in [4.78, 5) is 0. The van der Waals surface area contributed by atoms with E-state index in [1.165, 1.54) is 17.5 Å². The number of rotatable bonds is 6. The molecule has 0 fully saturated rings. The largest absolute Gasteiger partial charge is 0.313 e. The van der Waals surface area contributed by atoms with Crippen LogP contribution in [0.4, 0.5) is 0 Å². The summed E-state index contributed by atoms with van der Waals surface area (Å²) in [7, 11) is 0. The van der Waals surface area contributed by atoms with Gasteiger partial charge in [0.25, 0.3) is 0 Å². The minimum absolute atomic E-state index is 0.556. The fourth-order valence-corrected chi connectivity index (χ4v) is 2.86. The van der Waals surface area contributed by atoms with E-state index in [0.717, 1.165) is 18.8 Å². The Hall–Kier alpha value is -0.530. The number of alkyl halides is 1. The Morgan fingerprint density at radius 2 is 2.12 bits per heavy atom. The van der Waals surface area contributed by atoms with E-state index in [9.17, 15) is 0 Å². The van der Waals surface area contributed by atoms with Gasteiger partial charge in [-0.05, 0) is 29.9 Å². The van der Waals surface area contributed by atoms with Crippen molar-refractivity contribution in [2.75, 3.05) is 12.4 Å².